The Morgan fingerprint density at radius 3 is 2.58 bits per heavy atom. The van der Waals surface area contributed by atoms with Crippen LogP contribution in [0.3, 0.4) is 0 Å². The average molecular weight is 304 g/mol. The van der Waals surface area contributed by atoms with Gasteiger partial charge in [-0.2, -0.15) is 0 Å². The van der Waals surface area contributed by atoms with Crippen LogP contribution in [0.1, 0.15) is 27.2 Å². The first kappa shape index (κ1) is 15.6. The van der Waals surface area contributed by atoms with Crippen LogP contribution >= 0.6 is 23.6 Å². The van der Waals surface area contributed by atoms with E-state index >= 15 is 0 Å². The summed E-state index contributed by atoms with van der Waals surface area (Å²) in [5, 5.41) is 20.4. The second-order valence-corrected chi connectivity index (χ2v) is 6.70. The van der Waals surface area contributed by atoms with Crippen molar-refractivity contribution < 1.29 is 14.7 Å². The summed E-state index contributed by atoms with van der Waals surface area (Å²) >= 11 is 5.99. The maximum absolute atomic E-state index is 11.8. The van der Waals surface area contributed by atoms with Gasteiger partial charge < -0.3 is 15.7 Å². The van der Waals surface area contributed by atoms with E-state index in [9.17, 15) is 9.59 Å². The Balaban J connectivity index is 2.66. The number of nitrogens with one attached hydrogen (secondary N) is 3. The molecule has 0 saturated carbocycles. The summed E-state index contributed by atoms with van der Waals surface area (Å²) in [6.45, 7) is 5.58. The van der Waals surface area contributed by atoms with Gasteiger partial charge in [0.25, 0.3) is 0 Å². The maximum Gasteiger partial charge on any atom is 0.404 e. The molecule has 0 aliphatic rings. The van der Waals surface area contributed by atoms with E-state index in [0.29, 0.717) is 9.09 Å². The zero-order chi connectivity index (χ0) is 14.6. The van der Waals surface area contributed by atoms with Crippen molar-refractivity contribution in [2.45, 2.75) is 33.2 Å². The van der Waals surface area contributed by atoms with Gasteiger partial charge in [-0.15, -0.1) is 5.10 Å². The van der Waals surface area contributed by atoms with Gasteiger partial charge in [-0.25, -0.2) is 4.79 Å². The van der Waals surface area contributed by atoms with Gasteiger partial charge in [-0.05, 0) is 17.6 Å². The largest absolute Gasteiger partial charge is 0.465 e. The van der Waals surface area contributed by atoms with Gasteiger partial charge in [0.15, 0.2) is 3.95 Å². The minimum absolute atomic E-state index is 0.0299. The molecule has 0 saturated heterocycles. The quantitative estimate of drug-likeness (QED) is 0.638. The van der Waals surface area contributed by atoms with Crippen LogP contribution in [0.25, 0.3) is 0 Å². The monoisotopic (exact) mass is 304 g/mol. The van der Waals surface area contributed by atoms with Gasteiger partial charge in [0.1, 0.15) is 0 Å². The van der Waals surface area contributed by atoms with Crippen molar-refractivity contribution >= 4 is 40.7 Å². The minimum atomic E-state index is -1.15. The highest BCUT2D eigenvalue weighted by Gasteiger charge is 2.28. The highest BCUT2D eigenvalue weighted by Crippen LogP contribution is 2.22. The first-order valence-electron chi connectivity index (χ1n) is 5.53. The maximum atomic E-state index is 11.8. The summed E-state index contributed by atoms with van der Waals surface area (Å²) in [5.41, 5.74) is -0.367. The number of nitrogens with zero attached hydrogens (tertiary/aromatic N) is 1. The molecule has 1 atom stereocenters. The van der Waals surface area contributed by atoms with E-state index in [0.717, 1.165) is 11.3 Å². The first-order chi connectivity index (χ1) is 8.68. The SMILES string of the molecule is CC(C)(C)C(CC(=O)Nc1n[nH]c(=S)s1)NC(=O)O. The number of anilines is 1. The lowest BCUT2D eigenvalue weighted by molar-refractivity contribution is -0.117. The molecule has 1 aromatic heterocycles. The van der Waals surface area contributed by atoms with E-state index in [4.69, 9.17) is 17.3 Å². The Labute approximate surface area is 119 Å². The van der Waals surface area contributed by atoms with Crippen LogP contribution in [0.15, 0.2) is 0 Å². The summed E-state index contributed by atoms with van der Waals surface area (Å²) in [5.74, 6) is -0.313. The predicted octanol–water partition coefficient (Wildman–Crippen LogP) is 2.21. The molecule has 0 aromatic carbocycles. The van der Waals surface area contributed by atoms with E-state index in [1.807, 2.05) is 20.8 Å². The van der Waals surface area contributed by atoms with Crippen LogP contribution in [0.2, 0.25) is 0 Å². The van der Waals surface area contributed by atoms with Gasteiger partial charge in [0.2, 0.25) is 11.0 Å². The molecule has 0 aliphatic heterocycles. The first-order valence-corrected chi connectivity index (χ1v) is 6.76. The zero-order valence-corrected chi connectivity index (χ0v) is 12.4. The third kappa shape index (κ3) is 5.35. The third-order valence-corrected chi connectivity index (χ3v) is 3.42. The second-order valence-electron chi connectivity index (χ2n) is 5.04. The van der Waals surface area contributed by atoms with Gasteiger partial charge >= 0.3 is 6.09 Å². The van der Waals surface area contributed by atoms with Crippen LogP contribution < -0.4 is 10.6 Å². The number of rotatable bonds is 4. The fraction of sp³-hybridized carbons (Fsp3) is 0.600. The smallest absolute Gasteiger partial charge is 0.404 e. The van der Waals surface area contributed by atoms with Gasteiger partial charge in [0, 0.05) is 12.5 Å². The highest BCUT2D eigenvalue weighted by atomic mass is 32.1. The Morgan fingerprint density at radius 1 is 1.53 bits per heavy atom. The molecule has 19 heavy (non-hydrogen) atoms. The molecule has 7 nitrogen and oxygen atoms in total. The Morgan fingerprint density at radius 2 is 2.16 bits per heavy atom. The molecular weight excluding hydrogens is 288 g/mol. The zero-order valence-electron chi connectivity index (χ0n) is 10.8. The van der Waals surface area contributed by atoms with E-state index < -0.39 is 12.1 Å². The Hall–Kier alpha value is -1.48. The number of carbonyl (C=O) groups is 2. The lowest BCUT2D eigenvalue weighted by Crippen LogP contribution is -2.45. The van der Waals surface area contributed by atoms with Gasteiger partial charge in [-0.1, -0.05) is 32.1 Å². The summed E-state index contributed by atoms with van der Waals surface area (Å²) in [7, 11) is 0. The molecule has 0 radical (unpaired) electrons. The van der Waals surface area contributed by atoms with Crippen molar-refractivity contribution in [2.75, 3.05) is 5.32 Å². The number of hydrogen-bond acceptors (Lipinski definition) is 5. The second kappa shape index (κ2) is 6.11. The average Bonchev–Trinajstić information content (AvgIpc) is 2.60. The molecule has 0 spiro atoms. The van der Waals surface area contributed by atoms with Crippen molar-refractivity contribution in [3.63, 3.8) is 0 Å². The molecule has 106 valence electrons. The Kier molecular flexibility index (Phi) is 5.01. The number of aromatic amines is 1. The summed E-state index contributed by atoms with van der Waals surface area (Å²) in [6, 6.07) is -0.489. The topological polar surface area (TPSA) is 107 Å². The van der Waals surface area contributed by atoms with E-state index in [-0.39, 0.29) is 17.7 Å². The van der Waals surface area contributed by atoms with Crippen molar-refractivity contribution in [1.29, 1.82) is 0 Å². The molecule has 9 heteroatoms. The van der Waals surface area contributed by atoms with Crippen molar-refractivity contribution in [1.82, 2.24) is 15.5 Å². The van der Waals surface area contributed by atoms with E-state index in [1.54, 1.807) is 0 Å². The highest BCUT2D eigenvalue weighted by molar-refractivity contribution is 7.73. The third-order valence-electron chi connectivity index (χ3n) is 2.42. The molecular formula is C10H16N4O3S2. The van der Waals surface area contributed by atoms with Crippen LogP contribution in [-0.2, 0) is 4.79 Å². The van der Waals surface area contributed by atoms with Crippen molar-refractivity contribution in [3.8, 4) is 0 Å². The van der Waals surface area contributed by atoms with Crippen molar-refractivity contribution in [3.05, 3.63) is 3.95 Å². The van der Waals surface area contributed by atoms with Crippen molar-refractivity contribution in [2.24, 2.45) is 5.41 Å². The minimum Gasteiger partial charge on any atom is -0.465 e. The summed E-state index contributed by atoms with van der Waals surface area (Å²) in [6.07, 6.45) is -1.12. The van der Waals surface area contributed by atoms with Crippen LogP contribution in [0, 0.1) is 9.37 Å². The number of carbonyl (C=O) groups excluding carboxylic acids is 1. The fourth-order valence-electron chi connectivity index (χ4n) is 1.36. The molecule has 4 N–H and O–H groups in total. The summed E-state index contributed by atoms with van der Waals surface area (Å²) < 4.78 is 0.464. The molecule has 0 aliphatic carbocycles. The van der Waals surface area contributed by atoms with Crippen LogP contribution in [-0.4, -0.2) is 33.3 Å². The molecule has 1 unspecified atom stereocenters. The Bertz CT molecular complexity index is 517. The molecule has 1 aromatic rings. The molecule has 0 fully saturated rings. The number of H-pyrrole nitrogens is 1. The number of aromatic nitrogens is 2. The van der Waals surface area contributed by atoms with Gasteiger partial charge in [0.05, 0.1) is 0 Å². The molecule has 2 amide bonds. The van der Waals surface area contributed by atoms with Crippen LogP contribution in [0.4, 0.5) is 9.93 Å². The van der Waals surface area contributed by atoms with Crippen LogP contribution in [0.5, 0.6) is 0 Å². The number of hydrogen-bond donors (Lipinski definition) is 4. The van der Waals surface area contributed by atoms with E-state index in [1.165, 1.54) is 0 Å². The normalized spacial score (nSPS) is 12.8. The molecule has 1 rings (SSSR count). The fourth-order valence-corrected chi connectivity index (χ4v) is 2.17. The van der Waals surface area contributed by atoms with Gasteiger partial charge in [-0.3, -0.25) is 9.89 Å². The number of carboxylic acid groups (broad SMARTS) is 1. The predicted molar refractivity (Wildman–Crippen MR) is 74.9 cm³/mol. The number of amides is 2. The lowest BCUT2D eigenvalue weighted by Gasteiger charge is -2.29. The lowest BCUT2D eigenvalue weighted by atomic mass is 9.84. The standard InChI is InChI=1S/C10H16N4O3S2/c1-10(2,3)5(11-8(16)17)4-6(15)12-7-13-14-9(18)19-7/h5,11H,4H2,1-3H3,(H,14,18)(H,16,17)(H,12,13,15). The van der Waals surface area contributed by atoms with E-state index in [2.05, 4.69) is 20.8 Å². The molecule has 0 bridgehead atoms. The molecule has 1 heterocycles. The summed E-state index contributed by atoms with van der Waals surface area (Å²) in [4.78, 5) is 22.6.